The summed E-state index contributed by atoms with van der Waals surface area (Å²) in [5.41, 5.74) is 0.405. The molecule has 1 N–H and O–H groups in total. The van der Waals surface area contributed by atoms with Crippen molar-refractivity contribution in [3.63, 3.8) is 0 Å². The van der Waals surface area contributed by atoms with E-state index in [0.29, 0.717) is 5.41 Å². The van der Waals surface area contributed by atoms with Gasteiger partial charge >= 0.3 is 0 Å². The molecule has 0 heterocycles. The predicted molar refractivity (Wildman–Crippen MR) is 58.0 cm³/mol. The van der Waals surface area contributed by atoms with Gasteiger partial charge in [-0.05, 0) is 17.8 Å². The lowest BCUT2D eigenvalue weighted by atomic mass is 9.84. The molecule has 0 aromatic rings. The molecule has 0 rings (SSSR count). The fourth-order valence-corrected chi connectivity index (χ4v) is 1.78. The second kappa shape index (κ2) is 6.39. The number of hydrogen-bond donors (Lipinski definition) is 1. The smallest absolute Gasteiger partial charge is 0.0587 e. The summed E-state index contributed by atoms with van der Waals surface area (Å²) in [6, 6.07) is 0. The molecular weight excluding hydrogens is 162 g/mol. The highest BCUT2D eigenvalue weighted by Crippen LogP contribution is 2.23. The van der Waals surface area contributed by atoms with Gasteiger partial charge in [0.15, 0.2) is 0 Å². The summed E-state index contributed by atoms with van der Waals surface area (Å²) in [5, 5.41) is 3.41. The van der Waals surface area contributed by atoms with E-state index >= 15 is 0 Å². The maximum atomic E-state index is 4.98. The molecular formula is C11H25NO. The molecule has 2 nitrogen and oxygen atoms in total. The first-order valence-electron chi connectivity index (χ1n) is 5.17. The van der Waals surface area contributed by atoms with Crippen molar-refractivity contribution < 1.29 is 4.74 Å². The first-order valence-corrected chi connectivity index (χ1v) is 5.17. The van der Waals surface area contributed by atoms with Gasteiger partial charge in [0.25, 0.3) is 0 Å². The highest BCUT2D eigenvalue weighted by Gasteiger charge is 2.18. The van der Waals surface area contributed by atoms with Crippen LogP contribution in [-0.4, -0.2) is 26.8 Å². The molecule has 80 valence electrons. The maximum absolute atomic E-state index is 4.98. The van der Waals surface area contributed by atoms with Gasteiger partial charge in [-0.25, -0.2) is 0 Å². The van der Waals surface area contributed by atoms with Crippen LogP contribution >= 0.6 is 0 Å². The molecule has 0 aliphatic heterocycles. The molecule has 0 amide bonds. The number of hydrogen-bond acceptors (Lipinski definition) is 2. The zero-order valence-corrected chi connectivity index (χ0v) is 9.81. The second-order valence-electron chi connectivity index (χ2n) is 4.93. The van der Waals surface area contributed by atoms with Crippen LogP contribution in [0.25, 0.3) is 0 Å². The van der Waals surface area contributed by atoms with Crippen molar-refractivity contribution in [3.05, 3.63) is 0 Å². The third kappa shape index (κ3) is 8.26. The number of methoxy groups -OCH3 is 1. The fraction of sp³-hybridized carbons (Fsp3) is 1.00. The van der Waals surface area contributed by atoms with Gasteiger partial charge in [0.1, 0.15) is 0 Å². The quantitative estimate of drug-likeness (QED) is 0.617. The van der Waals surface area contributed by atoms with Crippen LogP contribution in [-0.2, 0) is 4.74 Å². The summed E-state index contributed by atoms with van der Waals surface area (Å²) in [6.45, 7) is 12.0. The van der Waals surface area contributed by atoms with E-state index in [-0.39, 0.29) is 0 Å². The van der Waals surface area contributed by atoms with E-state index in [1.807, 2.05) is 0 Å². The Bertz CT molecular complexity index is 121. The van der Waals surface area contributed by atoms with Crippen LogP contribution in [0.3, 0.4) is 0 Å². The molecule has 0 fully saturated rings. The van der Waals surface area contributed by atoms with Gasteiger partial charge in [0.05, 0.1) is 6.61 Å². The monoisotopic (exact) mass is 187 g/mol. The topological polar surface area (TPSA) is 21.3 Å². The van der Waals surface area contributed by atoms with Crippen LogP contribution in [0, 0.1) is 11.3 Å². The Kier molecular flexibility index (Phi) is 6.35. The SMILES string of the molecule is COCCNCC(C)(C)CC(C)C. The zero-order valence-electron chi connectivity index (χ0n) is 9.81. The van der Waals surface area contributed by atoms with E-state index in [9.17, 15) is 0 Å². The summed E-state index contributed by atoms with van der Waals surface area (Å²) in [4.78, 5) is 0. The number of rotatable bonds is 7. The van der Waals surface area contributed by atoms with Crippen molar-refractivity contribution in [1.29, 1.82) is 0 Å². The van der Waals surface area contributed by atoms with E-state index in [4.69, 9.17) is 4.74 Å². The lowest BCUT2D eigenvalue weighted by Gasteiger charge is -2.27. The van der Waals surface area contributed by atoms with E-state index in [2.05, 4.69) is 33.0 Å². The molecule has 0 saturated heterocycles. The summed E-state index contributed by atoms with van der Waals surface area (Å²) in [7, 11) is 1.74. The minimum absolute atomic E-state index is 0.405. The van der Waals surface area contributed by atoms with E-state index < -0.39 is 0 Å². The molecule has 0 atom stereocenters. The van der Waals surface area contributed by atoms with Gasteiger partial charge in [-0.3, -0.25) is 0 Å². The summed E-state index contributed by atoms with van der Waals surface area (Å²) >= 11 is 0. The highest BCUT2D eigenvalue weighted by atomic mass is 16.5. The van der Waals surface area contributed by atoms with E-state index in [1.54, 1.807) is 7.11 Å². The molecule has 0 bridgehead atoms. The standard InChI is InChI=1S/C11H25NO/c1-10(2)8-11(3,4)9-12-6-7-13-5/h10,12H,6-9H2,1-5H3. The summed E-state index contributed by atoms with van der Waals surface area (Å²) in [6.07, 6.45) is 1.27. The van der Waals surface area contributed by atoms with Crippen LogP contribution in [0.2, 0.25) is 0 Å². The first kappa shape index (κ1) is 12.9. The summed E-state index contributed by atoms with van der Waals surface area (Å²) in [5.74, 6) is 0.777. The van der Waals surface area contributed by atoms with Crippen LogP contribution in [0.5, 0.6) is 0 Å². The van der Waals surface area contributed by atoms with Crippen molar-refractivity contribution in [2.75, 3.05) is 26.8 Å². The van der Waals surface area contributed by atoms with Gasteiger partial charge in [0, 0.05) is 20.2 Å². The van der Waals surface area contributed by atoms with Crippen LogP contribution in [0.1, 0.15) is 34.1 Å². The van der Waals surface area contributed by atoms with Crippen molar-refractivity contribution in [2.24, 2.45) is 11.3 Å². The first-order chi connectivity index (χ1) is 5.98. The van der Waals surface area contributed by atoms with E-state index in [0.717, 1.165) is 25.6 Å². The Balaban J connectivity index is 3.50. The molecule has 0 radical (unpaired) electrons. The number of nitrogens with one attached hydrogen (secondary N) is 1. The minimum Gasteiger partial charge on any atom is -0.383 e. The van der Waals surface area contributed by atoms with Gasteiger partial charge in [-0.15, -0.1) is 0 Å². The average molecular weight is 187 g/mol. The van der Waals surface area contributed by atoms with Crippen molar-refractivity contribution in [2.45, 2.75) is 34.1 Å². The van der Waals surface area contributed by atoms with E-state index in [1.165, 1.54) is 6.42 Å². The molecule has 0 aromatic heterocycles. The third-order valence-corrected chi connectivity index (χ3v) is 2.05. The molecule has 0 unspecified atom stereocenters. The summed E-state index contributed by atoms with van der Waals surface area (Å²) < 4.78 is 4.98. The van der Waals surface area contributed by atoms with Gasteiger partial charge in [-0.1, -0.05) is 27.7 Å². The maximum Gasteiger partial charge on any atom is 0.0587 e. The molecule has 2 heteroatoms. The molecule has 0 aromatic carbocycles. The molecule has 0 aliphatic rings. The average Bonchev–Trinajstić information content (AvgIpc) is 1.95. The lowest BCUT2D eigenvalue weighted by Crippen LogP contribution is -2.32. The predicted octanol–water partition coefficient (Wildman–Crippen LogP) is 2.29. The normalized spacial score (nSPS) is 12.5. The third-order valence-electron chi connectivity index (χ3n) is 2.05. The minimum atomic E-state index is 0.405. The van der Waals surface area contributed by atoms with Gasteiger partial charge in [-0.2, -0.15) is 0 Å². The van der Waals surface area contributed by atoms with Gasteiger partial charge in [0.2, 0.25) is 0 Å². The highest BCUT2D eigenvalue weighted by molar-refractivity contribution is 4.72. The molecule has 0 spiro atoms. The Hall–Kier alpha value is -0.0800. The fourth-order valence-electron chi connectivity index (χ4n) is 1.78. The molecule has 13 heavy (non-hydrogen) atoms. The van der Waals surface area contributed by atoms with Gasteiger partial charge < -0.3 is 10.1 Å². The van der Waals surface area contributed by atoms with Crippen LogP contribution in [0.4, 0.5) is 0 Å². The number of ether oxygens (including phenoxy) is 1. The largest absolute Gasteiger partial charge is 0.383 e. The Morgan fingerprint density at radius 2 is 1.92 bits per heavy atom. The molecule has 0 saturated carbocycles. The Labute approximate surface area is 83.1 Å². The lowest BCUT2D eigenvalue weighted by molar-refractivity contribution is 0.190. The Morgan fingerprint density at radius 1 is 1.31 bits per heavy atom. The molecule has 0 aliphatic carbocycles. The van der Waals surface area contributed by atoms with Crippen molar-refractivity contribution in [1.82, 2.24) is 5.32 Å². The van der Waals surface area contributed by atoms with Crippen LogP contribution < -0.4 is 5.32 Å². The second-order valence-corrected chi connectivity index (χ2v) is 4.93. The van der Waals surface area contributed by atoms with Crippen molar-refractivity contribution >= 4 is 0 Å². The van der Waals surface area contributed by atoms with Crippen LogP contribution in [0.15, 0.2) is 0 Å². The van der Waals surface area contributed by atoms with Crippen molar-refractivity contribution in [3.8, 4) is 0 Å². The Morgan fingerprint density at radius 3 is 2.38 bits per heavy atom. The zero-order chi connectivity index (χ0) is 10.3.